The standard InChI is InChI=1S/C20H30N6.HI/c1-2-21-20(22-11-6-7-12-25-16-23-24-17-25)26-13-10-19(15-26)14-18-8-4-3-5-9-18;/h3-5,8-9,16-17,19H,2,6-7,10-15H2,1H3,(H,21,22);1H. The molecule has 1 unspecified atom stereocenters. The van der Waals surface area contributed by atoms with Gasteiger partial charge in [0.25, 0.3) is 0 Å². The molecule has 1 aliphatic heterocycles. The third-order valence-corrected chi connectivity index (χ3v) is 4.84. The van der Waals surface area contributed by atoms with Gasteiger partial charge in [0.1, 0.15) is 12.7 Å². The maximum Gasteiger partial charge on any atom is 0.193 e. The van der Waals surface area contributed by atoms with Gasteiger partial charge in [0.15, 0.2) is 5.96 Å². The summed E-state index contributed by atoms with van der Waals surface area (Å²) in [4.78, 5) is 7.27. The van der Waals surface area contributed by atoms with Crippen LogP contribution in [0.3, 0.4) is 0 Å². The maximum absolute atomic E-state index is 4.85. The van der Waals surface area contributed by atoms with Crippen LogP contribution in [0.1, 0.15) is 31.7 Å². The number of hydrogen-bond acceptors (Lipinski definition) is 3. The van der Waals surface area contributed by atoms with E-state index in [4.69, 9.17) is 4.99 Å². The number of aryl methyl sites for hydroxylation is 1. The van der Waals surface area contributed by atoms with Gasteiger partial charge in [-0.15, -0.1) is 34.2 Å². The summed E-state index contributed by atoms with van der Waals surface area (Å²) >= 11 is 0. The van der Waals surface area contributed by atoms with Crippen LogP contribution in [0.25, 0.3) is 0 Å². The average molecular weight is 482 g/mol. The van der Waals surface area contributed by atoms with Crippen molar-refractivity contribution in [2.75, 3.05) is 26.2 Å². The number of unbranched alkanes of at least 4 members (excludes halogenated alkanes) is 1. The molecule has 27 heavy (non-hydrogen) atoms. The lowest BCUT2D eigenvalue weighted by Crippen LogP contribution is -2.40. The number of aromatic nitrogens is 3. The van der Waals surface area contributed by atoms with E-state index in [2.05, 4.69) is 57.7 Å². The number of nitrogens with one attached hydrogen (secondary N) is 1. The molecule has 1 aromatic heterocycles. The molecule has 1 aromatic carbocycles. The highest BCUT2D eigenvalue weighted by Gasteiger charge is 2.24. The van der Waals surface area contributed by atoms with Crippen molar-refractivity contribution in [3.8, 4) is 0 Å². The van der Waals surface area contributed by atoms with E-state index in [1.165, 1.54) is 12.0 Å². The largest absolute Gasteiger partial charge is 0.357 e. The second-order valence-electron chi connectivity index (χ2n) is 6.93. The Bertz CT molecular complexity index is 658. The second kappa shape index (κ2) is 11.9. The van der Waals surface area contributed by atoms with E-state index in [1.54, 1.807) is 12.7 Å². The van der Waals surface area contributed by atoms with Crippen molar-refractivity contribution in [1.29, 1.82) is 0 Å². The van der Waals surface area contributed by atoms with E-state index in [1.807, 2.05) is 4.57 Å². The number of hydrogen-bond donors (Lipinski definition) is 1. The van der Waals surface area contributed by atoms with Crippen LogP contribution in [0.4, 0.5) is 0 Å². The third-order valence-electron chi connectivity index (χ3n) is 4.84. The molecule has 7 heteroatoms. The van der Waals surface area contributed by atoms with Crippen LogP contribution in [-0.4, -0.2) is 51.8 Å². The minimum Gasteiger partial charge on any atom is -0.357 e. The molecule has 1 N–H and O–H groups in total. The topological polar surface area (TPSA) is 58.3 Å². The molecular weight excluding hydrogens is 451 g/mol. The first-order valence-electron chi connectivity index (χ1n) is 9.74. The van der Waals surface area contributed by atoms with Gasteiger partial charge in [-0.05, 0) is 44.1 Å². The Morgan fingerprint density at radius 3 is 2.70 bits per heavy atom. The van der Waals surface area contributed by atoms with Gasteiger partial charge in [0.05, 0.1) is 0 Å². The Balaban J connectivity index is 0.00000261. The summed E-state index contributed by atoms with van der Waals surface area (Å²) in [5, 5.41) is 11.1. The normalized spacial score (nSPS) is 17.0. The Morgan fingerprint density at radius 1 is 1.19 bits per heavy atom. The van der Waals surface area contributed by atoms with E-state index >= 15 is 0 Å². The number of aliphatic imine (C=N–C) groups is 1. The summed E-state index contributed by atoms with van der Waals surface area (Å²) in [7, 11) is 0. The van der Waals surface area contributed by atoms with E-state index in [9.17, 15) is 0 Å². The first-order valence-corrected chi connectivity index (χ1v) is 9.74. The lowest BCUT2D eigenvalue weighted by molar-refractivity contribution is 0.459. The Labute approximate surface area is 179 Å². The van der Waals surface area contributed by atoms with Gasteiger partial charge in [-0.3, -0.25) is 4.99 Å². The highest BCUT2D eigenvalue weighted by atomic mass is 127. The minimum absolute atomic E-state index is 0. The number of rotatable bonds is 8. The van der Waals surface area contributed by atoms with E-state index in [0.29, 0.717) is 0 Å². The summed E-state index contributed by atoms with van der Waals surface area (Å²) in [5.74, 6) is 1.79. The van der Waals surface area contributed by atoms with Gasteiger partial charge < -0.3 is 14.8 Å². The van der Waals surface area contributed by atoms with Crippen molar-refractivity contribution in [2.45, 2.75) is 39.2 Å². The van der Waals surface area contributed by atoms with Gasteiger partial charge in [0.2, 0.25) is 0 Å². The molecule has 2 aromatic rings. The molecule has 1 atom stereocenters. The maximum atomic E-state index is 4.85. The van der Waals surface area contributed by atoms with E-state index in [0.717, 1.165) is 63.9 Å². The highest BCUT2D eigenvalue weighted by Crippen LogP contribution is 2.20. The lowest BCUT2D eigenvalue weighted by atomic mass is 9.99. The number of benzene rings is 1. The Morgan fingerprint density at radius 2 is 1.96 bits per heavy atom. The fourth-order valence-corrected chi connectivity index (χ4v) is 3.49. The number of nitrogens with zero attached hydrogens (tertiary/aromatic N) is 5. The summed E-state index contributed by atoms with van der Waals surface area (Å²) in [6.07, 6.45) is 8.11. The quantitative estimate of drug-likeness (QED) is 0.272. The van der Waals surface area contributed by atoms with Gasteiger partial charge in [-0.2, -0.15) is 0 Å². The zero-order valence-electron chi connectivity index (χ0n) is 16.1. The summed E-state index contributed by atoms with van der Waals surface area (Å²) < 4.78 is 2.02. The van der Waals surface area contributed by atoms with Crippen LogP contribution >= 0.6 is 24.0 Å². The van der Waals surface area contributed by atoms with Crippen LogP contribution < -0.4 is 5.32 Å². The lowest BCUT2D eigenvalue weighted by Gasteiger charge is -2.21. The Kier molecular flexibility index (Phi) is 9.58. The van der Waals surface area contributed by atoms with Crippen molar-refractivity contribution in [1.82, 2.24) is 25.0 Å². The molecule has 1 saturated heterocycles. The molecule has 1 aliphatic rings. The molecule has 0 spiro atoms. The Hall–Kier alpha value is -1.64. The van der Waals surface area contributed by atoms with E-state index < -0.39 is 0 Å². The molecule has 0 amide bonds. The molecule has 0 aliphatic carbocycles. The summed E-state index contributed by atoms with van der Waals surface area (Å²) in [6.45, 7) is 7.08. The SMILES string of the molecule is CCNC(=NCCCCn1cnnc1)N1CCC(Cc2ccccc2)C1.I. The third kappa shape index (κ3) is 7.12. The van der Waals surface area contributed by atoms with Crippen LogP contribution in [0.5, 0.6) is 0 Å². The van der Waals surface area contributed by atoms with Gasteiger partial charge in [0, 0.05) is 32.7 Å². The smallest absolute Gasteiger partial charge is 0.193 e. The fourth-order valence-electron chi connectivity index (χ4n) is 3.49. The van der Waals surface area contributed by atoms with Crippen LogP contribution in [-0.2, 0) is 13.0 Å². The second-order valence-corrected chi connectivity index (χ2v) is 6.93. The summed E-state index contributed by atoms with van der Waals surface area (Å²) in [5.41, 5.74) is 1.44. The van der Waals surface area contributed by atoms with Crippen LogP contribution in [0.15, 0.2) is 48.0 Å². The molecule has 148 valence electrons. The van der Waals surface area contributed by atoms with Crippen molar-refractivity contribution in [3.05, 3.63) is 48.5 Å². The predicted molar refractivity (Wildman–Crippen MR) is 120 cm³/mol. The molecule has 0 saturated carbocycles. The zero-order valence-corrected chi connectivity index (χ0v) is 18.5. The first-order chi connectivity index (χ1) is 12.8. The molecular formula is C20H31IN6. The molecule has 0 bridgehead atoms. The molecule has 6 nitrogen and oxygen atoms in total. The number of guanidine groups is 1. The van der Waals surface area contributed by atoms with Crippen molar-refractivity contribution in [2.24, 2.45) is 10.9 Å². The minimum atomic E-state index is 0. The molecule has 0 radical (unpaired) electrons. The molecule has 1 fully saturated rings. The number of halogens is 1. The van der Waals surface area contributed by atoms with Crippen LogP contribution in [0.2, 0.25) is 0 Å². The number of likely N-dealkylation sites (tertiary alicyclic amines) is 1. The van der Waals surface area contributed by atoms with Gasteiger partial charge >= 0.3 is 0 Å². The van der Waals surface area contributed by atoms with Gasteiger partial charge in [-0.1, -0.05) is 30.3 Å². The predicted octanol–water partition coefficient (Wildman–Crippen LogP) is 3.21. The highest BCUT2D eigenvalue weighted by molar-refractivity contribution is 14.0. The molecule has 2 heterocycles. The van der Waals surface area contributed by atoms with Crippen molar-refractivity contribution < 1.29 is 0 Å². The zero-order chi connectivity index (χ0) is 18.0. The van der Waals surface area contributed by atoms with E-state index in [-0.39, 0.29) is 24.0 Å². The van der Waals surface area contributed by atoms with Crippen molar-refractivity contribution >= 4 is 29.9 Å². The summed E-state index contributed by atoms with van der Waals surface area (Å²) in [6, 6.07) is 10.8. The van der Waals surface area contributed by atoms with Gasteiger partial charge in [-0.25, -0.2) is 0 Å². The molecule has 3 rings (SSSR count). The average Bonchev–Trinajstić information content (AvgIpc) is 3.33. The first kappa shape index (κ1) is 21.7. The monoisotopic (exact) mass is 482 g/mol. The fraction of sp³-hybridized carbons (Fsp3) is 0.550. The van der Waals surface area contributed by atoms with Crippen LogP contribution in [0, 0.1) is 5.92 Å². The van der Waals surface area contributed by atoms with Crippen molar-refractivity contribution in [3.63, 3.8) is 0 Å².